The molecule has 1 aromatic heterocycles. The van der Waals surface area contributed by atoms with Crippen molar-refractivity contribution in [3.63, 3.8) is 0 Å². The Hall–Kier alpha value is -3.67. The second kappa shape index (κ2) is 12.1. The van der Waals surface area contributed by atoms with Crippen molar-refractivity contribution in [2.24, 2.45) is 15.0 Å². The number of aromatic amines is 1. The number of aliphatic imine (C=N–C) groups is 3. The quantitative estimate of drug-likeness (QED) is 0.344. The molecule has 6 heteroatoms. The summed E-state index contributed by atoms with van der Waals surface area (Å²) >= 11 is 0. The summed E-state index contributed by atoms with van der Waals surface area (Å²) in [7, 11) is 0. The molecule has 0 saturated heterocycles. The lowest BCUT2D eigenvalue weighted by Gasteiger charge is -2.10. The molecule has 0 radical (unpaired) electrons. The van der Waals surface area contributed by atoms with Crippen molar-refractivity contribution in [1.82, 2.24) is 15.8 Å². The van der Waals surface area contributed by atoms with E-state index in [1.165, 1.54) is 44.6 Å². The van der Waals surface area contributed by atoms with Gasteiger partial charge >= 0.3 is 0 Å². The first kappa shape index (κ1) is 28.8. The second-order valence-corrected chi connectivity index (χ2v) is 10.8. The lowest BCUT2D eigenvalue weighted by molar-refractivity contribution is 0.801. The Morgan fingerprint density at radius 1 is 0.512 bits per heavy atom. The van der Waals surface area contributed by atoms with E-state index in [1.807, 2.05) is 12.4 Å². The lowest BCUT2D eigenvalue weighted by atomic mass is 9.91. The number of rotatable bonds is 8. The van der Waals surface area contributed by atoms with Crippen molar-refractivity contribution < 1.29 is 0 Å². The summed E-state index contributed by atoms with van der Waals surface area (Å²) < 4.78 is 0. The molecule has 0 saturated carbocycles. The van der Waals surface area contributed by atoms with Crippen LogP contribution in [0, 0.1) is 0 Å². The molecule has 216 valence electrons. The summed E-state index contributed by atoms with van der Waals surface area (Å²) in [5.41, 5.74) is 23.5. The minimum atomic E-state index is 0.925. The Kier molecular flexibility index (Phi) is 8.48. The van der Waals surface area contributed by atoms with Crippen LogP contribution in [0.15, 0.2) is 72.1 Å². The van der Waals surface area contributed by atoms with E-state index in [-0.39, 0.29) is 0 Å². The van der Waals surface area contributed by atoms with E-state index < -0.39 is 0 Å². The lowest BCUT2D eigenvalue weighted by Crippen LogP contribution is -2.26. The van der Waals surface area contributed by atoms with Crippen molar-refractivity contribution in [3.05, 3.63) is 78.9 Å². The first-order valence-electron chi connectivity index (χ1n) is 15.8. The third-order valence-electron chi connectivity index (χ3n) is 8.90. The third-order valence-corrected chi connectivity index (χ3v) is 8.90. The SMILES string of the molecule is CCC1=C(CC)C2=NC1=CNNC=c1[nH]c(c(CC)c1CC)=C1N=C(C=C3N=C2C(CC)=C3CC)C(CC)=C1CC. The predicted molar refractivity (Wildman–Crippen MR) is 174 cm³/mol. The monoisotopic (exact) mass is 550 g/mol. The van der Waals surface area contributed by atoms with Crippen LogP contribution >= 0.6 is 0 Å². The molecule has 0 aliphatic carbocycles. The van der Waals surface area contributed by atoms with Crippen LogP contribution in [0.2, 0.25) is 0 Å². The number of nitrogens with one attached hydrogen (secondary N) is 3. The molecule has 41 heavy (non-hydrogen) atoms. The molecular weight excluding hydrogens is 504 g/mol. The zero-order valence-corrected chi connectivity index (χ0v) is 26.2. The van der Waals surface area contributed by atoms with Crippen molar-refractivity contribution >= 4 is 29.0 Å². The highest BCUT2D eigenvalue weighted by atomic mass is 15.3. The molecule has 3 N–H and O–H groups in total. The van der Waals surface area contributed by atoms with E-state index in [4.69, 9.17) is 15.0 Å². The van der Waals surface area contributed by atoms with Crippen LogP contribution in [-0.2, 0) is 12.8 Å². The van der Waals surface area contributed by atoms with Crippen LogP contribution in [0.5, 0.6) is 0 Å². The van der Waals surface area contributed by atoms with Gasteiger partial charge in [0.1, 0.15) is 0 Å². The van der Waals surface area contributed by atoms with Gasteiger partial charge in [-0.1, -0.05) is 55.4 Å². The summed E-state index contributed by atoms with van der Waals surface area (Å²) in [5.74, 6) is 0. The van der Waals surface area contributed by atoms with Gasteiger partial charge in [-0.2, -0.15) is 0 Å². The molecule has 1 aromatic rings. The van der Waals surface area contributed by atoms with Gasteiger partial charge in [0.25, 0.3) is 0 Å². The Morgan fingerprint density at radius 2 is 1.05 bits per heavy atom. The highest BCUT2D eigenvalue weighted by Gasteiger charge is 2.32. The Labute approximate surface area is 245 Å². The number of hydrazine groups is 1. The van der Waals surface area contributed by atoms with Crippen molar-refractivity contribution in [3.8, 4) is 0 Å². The maximum atomic E-state index is 5.37. The van der Waals surface area contributed by atoms with E-state index in [9.17, 15) is 0 Å². The van der Waals surface area contributed by atoms with Gasteiger partial charge < -0.3 is 15.8 Å². The molecule has 4 aliphatic rings. The fourth-order valence-electron chi connectivity index (χ4n) is 7.01. The molecule has 0 aromatic carbocycles. The fraction of sp³-hybridized carbons (Fsp3) is 0.457. The minimum absolute atomic E-state index is 0.925. The average Bonchev–Trinajstić information content (AvgIpc) is 3.73. The van der Waals surface area contributed by atoms with Crippen molar-refractivity contribution in [2.45, 2.75) is 107 Å². The number of hydrogen-bond donors (Lipinski definition) is 3. The third kappa shape index (κ3) is 4.71. The van der Waals surface area contributed by atoms with Gasteiger partial charge in [-0.05, 0) is 102 Å². The normalized spacial score (nSPS) is 18.5. The molecule has 5 heterocycles. The van der Waals surface area contributed by atoms with Crippen LogP contribution in [0.25, 0.3) is 11.9 Å². The van der Waals surface area contributed by atoms with E-state index in [1.54, 1.807) is 0 Å². The van der Waals surface area contributed by atoms with Gasteiger partial charge in [0, 0.05) is 12.4 Å². The van der Waals surface area contributed by atoms with Gasteiger partial charge in [-0.25, -0.2) is 15.0 Å². The molecule has 4 aliphatic heterocycles. The van der Waals surface area contributed by atoms with Crippen molar-refractivity contribution in [2.75, 3.05) is 0 Å². The number of hydrogen-bond acceptors (Lipinski definition) is 5. The maximum absolute atomic E-state index is 5.37. The number of aromatic nitrogens is 1. The van der Waals surface area contributed by atoms with E-state index in [2.05, 4.69) is 77.3 Å². The maximum Gasteiger partial charge on any atom is 0.0932 e. The fourth-order valence-corrected chi connectivity index (χ4v) is 7.01. The number of nitrogens with zero attached hydrogens (tertiary/aromatic N) is 3. The highest BCUT2D eigenvalue weighted by molar-refractivity contribution is 6.55. The van der Waals surface area contributed by atoms with Gasteiger partial charge in [-0.3, -0.25) is 0 Å². The molecule has 6 nitrogen and oxygen atoms in total. The zero-order valence-electron chi connectivity index (χ0n) is 26.2. The smallest absolute Gasteiger partial charge is 0.0932 e. The van der Waals surface area contributed by atoms with Gasteiger partial charge in [-0.15, -0.1) is 0 Å². The second-order valence-electron chi connectivity index (χ2n) is 10.8. The Balaban J connectivity index is 1.87. The largest absolute Gasteiger partial charge is 0.352 e. The first-order chi connectivity index (χ1) is 20.0. The summed E-state index contributed by atoms with van der Waals surface area (Å²) in [6.07, 6.45) is 13.8. The standard InChI is InChI=1S/C35H46N6/c1-9-20-24(13-5)32-34-26(15-7)22(11-3)30(40-34)18-36-37-19-31-23(12-4)27(16-8)35(41-31)33-25(14-6)21(10-2)29(39-33)17-28(20)38-32/h17-19,36-37,40H,9-16H2,1-8H3. The topological polar surface area (TPSA) is 76.9 Å². The molecule has 5 rings (SSSR count). The van der Waals surface area contributed by atoms with Crippen LogP contribution in [-0.4, -0.2) is 22.1 Å². The Bertz CT molecular complexity index is 1640. The van der Waals surface area contributed by atoms with E-state index in [0.717, 1.165) is 96.3 Å². The predicted octanol–water partition coefficient (Wildman–Crippen LogP) is 6.53. The molecule has 0 fully saturated rings. The van der Waals surface area contributed by atoms with Gasteiger partial charge in [0.15, 0.2) is 0 Å². The average molecular weight is 551 g/mol. The van der Waals surface area contributed by atoms with Crippen LogP contribution in [0.3, 0.4) is 0 Å². The van der Waals surface area contributed by atoms with E-state index in [0.29, 0.717) is 0 Å². The summed E-state index contributed by atoms with van der Waals surface area (Å²) in [4.78, 5) is 19.7. The Morgan fingerprint density at radius 3 is 1.61 bits per heavy atom. The molecule has 0 atom stereocenters. The summed E-state index contributed by atoms with van der Waals surface area (Å²) in [6, 6.07) is 0. The van der Waals surface area contributed by atoms with Crippen LogP contribution < -0.4 is 21.5 Å². The first-order valence-corrected chi connectivity index (χ1v) is 15.8. The van der Waals surface area contributed by atoms with Crippen LogP contribution in [0.4, 0.5) is 0 Å². The number of fused-ring (bicyclic) bond motifs is 6. The molecule has 0 spiro atoms. The highest BCUT2D eigenvalue weighted by Crippen LogP contribution is 2.38. The van der Waals surface area contributed by atoms with E-state index >= 15 is 0 Å². The van der Waals surface area contributed by atoms with Crippen LogP contribution in [0.1, 0.15) is 105 Å². The zero-order chi connectivity index (χ0) is 29.3. The number of allylic oxidation sites excluding steroid dienone is 6. The number of H-pyrrole nitrogens is 1. The minimum Gasteiger partial charge on any atom is -0.352 e. The van der Waals surface area contributed by atoms with Crippen molar-refractivity contribution in [1.29, 1.82) is 0 Å². The van der Waals surface area contributed by atoms with Gasteiger partial charge in [0.05, 0.1) is 44.9 Å². The molecule has 0 unspecified atom stereocenters. The molecule has 0 amide bonds. The summed E-state index contributed by atoms with van der Waals surface area (Å²) in [6.45, 7) is 17.9. The molecular formula is C35H46N6. The molecule has 8 bridgehead atoms. The van der Waals surface area contributed by atoms with Gasteiger partial charge in [0.2, 0.25) is 0 Å². The summed E-state index contributed by atoms with van der Waals surface area (Å²) in [5, 5.41) is 2.25.